The van der Waals surface area contributed by atoms with Crippen molar-refractivity contribution in [2.24, 2.45) is 11.7 Å². The van der Waals surface area contributed by atoms with Gasteiger partial charge < -0.3 is 20.1 Å². The molecule has 0 fully saturated rings. The van der Waals surface area contributed by atoms with Gasteiger partial charge in [-0.3, -0.25) is 4.79 Å². The lowest BCUT2D eigenvalue weighted by molar-refractivity contribution is -0.133. The summed E-state index contributed by atoms with van der Waals surface area (Å²) in [6.07, 6.45) is 0.353. The van der Waals surface area contributed by atoms with Crippen molar-refractivity contribution in [1.82, 2.24) is 4.90 Å². The van der Waals surface area contributed by atoms with Crippen molar-refractivity contribution >= 4 is 5.91 Å². The number of hydrogen-bond acceptors (Lipinski definition) is 4. The van der Waals surface area contributed by atoms with E-state index in [2.05, 4.69) is 0 Å². The van der Waals surface area contributed by atoms with E-state index in [1.165, 1.54) is 0 Å². The standard InChI is InChI=1S/C16H24N2O3/c1-3-18(16(19)8-12(2)9-17)10-13-11-20-14-6-4-5-7-15(14)21-13/h4-7,12-13H,3,8-11,17H2,1-2H3. The predicted octanol–water partition coefficient (Wildman–Crippen LogP) is 1.66. The molecular formula is C16H24N2O3. The third-order valence-corrected chi connectivity index (χ3v) is 3.65. The van der Waals surface area contributed by atoms with E-state index in [4.69, 9.17) is 15.2 Å². The van der Waals surface area contributed by atoms with Crippen molar-refractivity contribution in [2.45, 2.75) is 26.4 Å². The molecule has 1 amide bonds. The highest BCUT2D eigenvalue weighted by Crippen LogP contribution is 2.31. The number of hydrogen-bond donors (Lipinski definition) is 1. The molecule has 0 bridgehead atoms. The second kappa shape index (κ2) is 7.31. The average Bonchev–Trinajstić information content (AvgIpc) is 2.52. The largest absolute Gasteiger partial charge is 0.486 e. The van der Waals surface area contributed by atoms with Gasteiger partial charge in [-0.15, -0.1) is 0 Å². The molecule has 0 saturated heterocycles. The van der Waals surface area contributed by atoms with Crippen LogP contribution in [0.2, 0.25) is 0 Å². The van der Waals surface area contributed by atoms with E-state index in [0.29, 0.717) is 32.7 Å². The fourth-order valence-electron chi connectivity index (χ4n) is 2.32. The van der Waals surface area contributed by atoms with Crippen LogP contribution < -0.4 is 15.2 Å². The normalized spacial score (nSPS) is 18.1. The van der Waals surface area contributed by atoms with Gasteiger partial charge in [0.05, 0.1) is 6.54 Å². The van der Waals surface area contributed by atoms with Crippen LogP contribution >= 0.6 is 0 Å². The maximum Gasteiger partial charge on any atom is 0.223 e. The van der Waals surface area contributed by atoms with Gasteiger partial charge in [0.15, 0.2) is 17.6 Å². The van der Waals surface area contributed by atoms with E-state index in [-0.39, 0.29) is 17.9 Å². The molecule has 2 atom stereocenters. The molecule has 1 heterocycles. The highest BCUT2D eigenvalue weighted by molar-refractivity contribution is 5.76. The molecule has 21 heavy (non-hydrogen) atoms. The van der Waals surface area contributed by atoms with Crippen LogP contribution in [-0.2, 0) is 4.79 Å². The molecule has 0 saturated carbocycles. The lowest BCUT2D eigenvalue weighted by Gasteiger charge is -2.31. The van der Waals surface area contributed by atoms with Crippen molar-refractivity contribution in [1.29, 1.82) is 0 Å². The highest BCUT2D eigenvalue weighted by atomic mass is 16.6. The molecule has 116 valence electrons. The van der Waals surface area contributed by atoms with Gasteiger partial charge in [0.25, 0.3) is 0 Å². The van der Waals surface area contributed by atoms with E-state index >= 15 is 0 Å². The molecule has 2 unspecified atom stereocenters. The minimum atomic E-state index is -0.128. The summed E-state index contributed by atoms with van der Waals surface area (Å²) < 4.78 is 11.6. The Morgan fingerprint density at radius 3 is 2.81 bits per heavy atom. The SMILES string of the molecule is CCN(CC1COc2ccccc2O1)C(=O)CC(C)CN. The van der Waals surface area contributed by atoms with Crippen LogP contribution in [0.3, 0.4) is 0 Å². The van der Waals surface area contributed by atoms with Gasteiger partial charge >= 0.3 is 0 Å². The Balaban J connectivity index is 1.92. The fourth-order valence-corrected chi connectivity index (χ4v) is 2.32. The molecule has 0 aliphatic carbocycles. The maximum absolute atomic E-state index is 12.2. The van der Waals surface area contributed by atoms with Crippen molar-refractivity contribution in [3.8, 4) is 11.5 Å². The first-order valence-corrected chi connectivity index (χ1v) is 7.50. The van der Waals surface area contributed by atoms with Crippen LogP contribution in [0.5, 0.6) is 11.5 Å². The third-order valence-electron chi connectivity index (χ3n) is 3.65. The molecule has 1 aromatic rings. The second-order valence-corrected chi connectivity index (χ2v) is 5.47. The van der Waals surface area contributed by atoms with Crippen molar-refractivity contribution in [2.75, 3.05) is 26.2 Å². The summed E-state index contributed by atoms with van der Waals surface area (Å²) in [5, 5.41) is 0. The summed E-state index contributed by atoms with van der Waals surface area (Å²) in [5.74, 6) is 1.83. The maximum atomic E-state index is 12.2. The number of para-hydroxylation sites is 2. The second-order valence-electron chi connectivity index (χ2n) is 5.47. The van der Waals surface area contributed by atoms with Gasteiger partial charge in [0.2, 0.25) is 5.91 Å². The molecule has 1 aliphatic heterocycles. The molecule has 2 N–H and O–H groups in total. The molecule has 0 spiro atoms. The molecule has 5 nitrogen and oxygen atoms in total. The van der Waals surface area contributed by atoms with E-state index in [0.717, 1.165) is 11.5 Å². The molecule has 1 aliphatic rings. The Morgan fingerprint density at radius 2 is 2.14 bits per heavy atom. The van der Waals surface area contributed by atoms with Crippen LogP contribution in [0.15, 0.2) is 24.3 Å². The van der Waals surface area contributed by atoms with E-state index in [9.17, 15) is 4.79 Å². The lowest BCUT2D eigenvalue weighted by atomic mass is 10.1. The summed E-state index contributed by atoms with van der Waals surface area (Å²) in [6, 6.07) is 7.60. The Labute approximate surface area is 126 Å². The van der Waals surface area contributed by atoms with E-state index < -0.39 is 0 Å². The van der Waals surface area contributed by atoms with Crippen molar-refractivity contribution in [3.63, 3.8) is 0 Å². The van der Waals surface area contributed by atoms with E-state index in [1.54, 1.807) is 0 Å². The smallest absolute Gasteiger partial charge is 0.223 e. The topological polar surface area (TPSA) is 64.8 Å². The monoisotopic (exact) mass is 292 g/mol. The lowest BCUT2D eigenvalue weighted by Crippen LogP contribution is -2.44. The quantitative estimate of drug-likeness (QED) is 0.866. The van der Waals surface area contributed by atoms with Crippen molar-refractivity contribution in [3.05, 3.63) is 24.3 Å². The first-order chi connectivity index (χ1) is 10.1. The summed E-state index contributed by atoms with van der Waals surface area (Å²) in [6.45, 7) is 6.16. The zero-order valence-corrected chi connectivity index (χ0v) is 12.7. The number of likely N-dealkylation sites (N-methyl/N-ethyl adjacent to an activating group) is 1. The van der Waals surface area contributed by atoms with Crippen LogP contribution in [0.1, 0.15) is 20.3 Å². The van der Waals surface area contributed by atoms with Gasteiger partial charge in [-0.2, -0.15) is 0 Å². The zero-order valence-electron chi connectivity index (χ0n) is 12.7. The number of benzene rings is 1. The third kappa shape index (κ3) is 4.11. The Hall–Kier alpha value is -1.75. The number of fused-ring (bicyclic) bond motifs is 1. The molecule has 0 radical (unpaired) electrons. The molecular weight excluding hydrogens is 268 g/mol. The van der Waals surface area contributed by atoms with Crippen LogP contribution in [0.25, 0.3) is 0 Å². The molecule has 5 heteroatoms. The van der Waals surface area contributed by atoms with Gasteiger partial charge in [-0.05, 0) is 31.5 Å². The molecule has 1 aromatic carbocycles. The summed E-state index contributed by atoms with van der Waals surface area (Å²) in [7, 11) is 0. The highest BCUT2D eigenvalue weighted by Gasteiger charge is 2.25. The summed E-state index contributed by atoms with van der Waals surface area (Å²) in [5.41, 5.74) is 5.58. The first-order valence-electron chi connectivity index (χ1n) is 7.50. The van der Waals surface area contributed by atoms with Crippen molar-refractivity contribution < 1.29 is 14.3 Å². The number of ether oxygens (including phenoxy) is 2. The fraction of sp³-hybridized carbons (Fsp3) is 0.562. The summed E-state index contributed by atoms with van der Waals surface area (Å²) >= 11 is 0. The van der Waals surface area contributed by atoms with Crippen LogP contribution in [-0.4, -0.2) is 43.2 Å². The first kappa shape index (κ1) is 15.6. The average molecular weight is 292 g/mol. The van der Waals surface area contributed by atoms with Gasteiger partial charge in [0.1, 0.15) is 6.61 Å². The predicted molar refractivity (Wildman–Crippen MR) is 81.4 cm³/mol. The van der Waals surface area contributed by atoms with Crippen LogP contribution in [0, 0.1) is 5.92 Å². The minimum Gasteiger partial charge on any atom is -0.486 e. The van der Waals surface area contributed by atoms with Crippen LogP contribution in [0.4, 0.5) is 0 Å². The van der Waals surface area contributed by atoms with Gasteiger partial charge in [0, 0.05) is 13.0 Å². The molecule has 0 aromatic heterocycles. The van der Waals surface area contributed by atoms with E-state index in [1.807, 2.05) is 43.0 Å². The Kier molecular flexibility index (Phi) is 5.44. The zero-order chi connectivity index (χ0) is 15.2. The Morgan fingerprint density at radius 1 is 1.43 bits per heavy atom. The number of rotatable bonds is 6. The summed E-state index contributed by atoms with van der Waals surface area (Å²) in [4.78, 5) is 14.1. The minimum absolute atomic E-state index is 0.123. The number of carbonyl (C=O) groups excluding carboxylic acids is 1. The number of amides is 1. The number of carbonyl (C=O) groups is 1. The Bertz CT molecular complexity index is 478. The number of nitrogens with zero attached hydrogens (tertiary/aromatic N) is 1. The van der Waals surface area contributed by atoms with Gasteiger partial charge in [-0.1, -0.05) is 19.1 Å². The van der Waals surface area contributed by atoms with Gasteiger partial charge in [-0.25, -0.2) is 0 Å². The number of nitrogens with two attached hydrogens (primary N) is 1. The molecule has 2 rings (SSSR count).